The second-order valence-electron chi connectivity index (χ2n) is 5.07. The number of aromatic nitrogens is 2. The van der Waals surface area contributed by atoms with Crippen LogP contribution in [0, 0.1) is 12.7 Å². The second-order valence-corrected chi connectivity index (χ2v) is 6.12. The van der Waals surface area contributed by atoms with Crippen molar-refractivity contribution in [3.8, 4) is 11.5 Å². The van der Waals surface area contributed by atoms with Gasteiger partial charge in [0.05, 0.1) is 5.75 Å². The fraction of sp³-hybridized carbons (Fsp3) is 0.118. The van der Waals surface area contributed by atoms with E-state index in [9.17, 15) is 9.18 Å². The van der Waals surface area contributed by atoms with Crippen molar-refractivity contribution in [2.45, 2.75) is 11.8 Å². The average Bonchev–Trinajstić information content (AvgIpc) is 3.03. The minimum Gasteiger partial charge on any atom is -0.403 e. The minimum absolute atomic E-state index is 0.0104. The summed E-state index contributed by atoms with van der Waals surface area (Å²) in [5, 5.41) is 10.1. The molecule has 0 aliphatic rings. The highest BCUT2D eigenvalue weighted by molar-refractivity contribution is 8.00. The predicted molar refractivity (Wildman–Crippen MR) is 90.2 cm³/mol. The van der Waals surface area contributed by atoms with Crippen molar-refractivity contribution in [3.05, 3.63) is 59.9 Å². The summed E-state index contributed by atoms with van der Waals surface area (Å²) in [7, 11) is 0. The van der Waals surface area contributed by atoms with E-state index < -0.39 is 5.82 Å². The summed E-state index contributed by atoms with van der Waals surface area (Å²) in [5.41, 5.74) is 1.62. The molecule has 0 spiro atoms. The molecule has 0 aliphatic heterocycles. The van der Waals surface area contributed by atoms with Crippen molar-refractivity contribution in [1.82, 2.24) is 10.2 Å². The minimum atomic E-state index is -0.397. The van der Waals surface area contributed by atoms with Crippen LogP contribution in [-0.4, -0.2) is 21.9 Å². The van der Waals surface area contributed by atoms with Gasteiger partial charge in [-0.25, -0.2) is 4.39 Å². The molecule has 0 fully saturated rings. The molecule has 0 radical (unpaired) electrons. The Morgan fingerprint density at radius 2 is 2.00 bits per heavy atom. The molecule has 0 saturated carbocycles. The molecule has 3 aromatic rings. The summed E-state index contributed by atoms with van der Waals surface area (Å²) in [4.78, 5) is 12.9. The predicted octanol–water partition coefficient (Wildman–Crippen LogP) is 3.91. The molecule has 2 aromatic carbocycles. The van der Waals surface area contributed by atoms with Crippen molar-refractivity contribution < 1.29 is 13.6 Å². The number of nitrogens with zero attached hydrogens (tertiary/aromatic N) is 2. The number of hydrogen-bond donors (Lipinski definition) is 1. The molecule has 1 N–H and O–H groups in total. The molecule has 122 valence electrons. The molecular formula is C17H14FN3O2S. The van der Waals surface area contributed by atoms with Crippen LogP contribution in [0.3, 0.4) is 0 Å². The maximum absolute atomic E-state index is 13.2. The van der Waals surface area contributed by atoms with Gasteiger partial charge in [0.2, 0.25) is 11.8 Å². The Kier molecular flexibility index (Phi) is 4.90. The molecule has 0 bridgehead atoms. The van der Waals surface area contributed by atoms with Crippen LogP contribution in [-0.2, 0) is 4.79 Å². The third kappa shape index (κ3) is 4.20. The summed E-state index contributed by atoms with van der Waals surface area (Å²) in [6.45, 7) is 2.01. The topological polar surface area (TPSA) is 68.0 Å². The van der Waals surface area contributed by atoms with Crippen LogP contribution in [0.25, 0.3) is 11.5 Å². The van der Waals surface area contributed by atoms with Gasteiger partial charge in [-0.05, 0) is 37.3 Å². The molecular weight excluding hydrogens is 329 g/mol. The van der Waals surface area contributed by atoms with E-state index in [2.05, 4.69) is 15.5 Å². The smallest absolute Gasteiger partial charge is 0.322 e. The van der Waals surface area contributed by atoms with Crippen molar-refractivity contribution >= 4 is 23.7 Å². The molecule has 0 aliphatic carbocycles. The van der Waals surface area contributed by atoms with Crippen LogP contribution in [0.5, 0.6) is 0 Å². The lowest BCUT2D eigenvalue weighted by molar-refractivity contribution is -0.113. The van der Waals surface area contributed by atoms with Gasteiger partial charge in [-0.2, -0.15) is 0 Å². The molecule has 1 heterocycles. The van der Waals surface area contributed by atoms with Crippen LogP contribution in [0.2, 0.25) is 0 Å². The number of anilines is 1. The molecule has 0 unspecified atom stereocenters. The molecule has 5 nitrogen and oxygen atoms in total. The van der Waals surface area contributed by atoms with Gasteiger partial charge in [0.1, 0.15) is 5.82 Å². The van der Waals surface area contributed by atoms with E-state index >= 15 is 0 Å². The highest BCUT2D eigenvalue weighted by Gasteiger charge is 2.12. The van der Waals surface area contributed by atoms with Crippen molar-refractivity contribution in [2.24, 2.45) is 0 Å². The lowest BCUT2D eigenvalue weighted by Gasteiger charge is -2.02. The number of thioether (sulfide) groups is 1. The van der Waals surface area contributed by atoms with Crippen LogP contribution >= 0.6 is 11.8 Å². The maximum atomic E-state index is 13.2. The number of amides is 1. The quantitative estimate of drug-likeness (QED) is 0.711. The Morgan fingerprint density at radius 1 is 1.21 bits per heavy atom. The number of carbonyl (C=O) groups is 1. The largest absolute Gasteiger partial charge is 0.403 e. The second kappa shape index (κ2) is 7.27. The monoisotopic (exact) mass is 343 g/mol. The highest BCUT2D eigenvalue weighted by Crippen LogP contribution is 2.21. The summed E-state index contributed by atoms with van der Waals surface area (Å²) in [6, 6.07) is 13.7. The molecule has 0 atom stereocenters. The highest BCUT2D eigenvalue weighted by atomic mass is 32.2. The van der Waals surface area contributed by atoms with Gasteiger partial charge in [-0.3, -0.25) is 10.1 Å². The number of rotatable bonds is 5. The normalized spacial score (nSPS) is 10.6. The van der Waals surface area contributed by atoms with Gasteiger partial charge in [0, 0.05) is 10.5 Å². The summed E-state index contributed by atoms with van der Waals surface area (Å²) in [5.74, 6) is -0.280. The third-order valence-corrected chi connectivity index (χ3v) is 4.15. The average molecular weight is 343 g/mol. The van der Waals surface area contributed by atoms with Crippen molar-refractivity contribution in [1.29, 1.82) is 0 Å². The van der Waals surface area contributed by atoms with Crippen molar-refractivity contribution in [3.63, 3.8) is 0 Å². The van der Waals surface area contributed by atoms with Gasteiger partial charge >= 0.3 is 6.01 Å². The summed E-state index contributed by atoms with van der Waals surface area (Å²) in [6.07, 6.45) is 0. The zero-order valence-corrected chi connectivity index (χ0v) is 13.6. The number of nitrogens with one attached hydrogen (secondary N) is 1. The first-order valence-corrected chi connectivity index (χ1v) is 8.17. The number of carbonyl (C=O) groups excluding carboxylic acids is 1. The Hall–Kier alpha value is -2.67. The van der Waals surface area contributed by atoms with Crippen LogP contribution in [0.15, 0.2) is 57.8 Å². The zero-order chi connectivity index (χ0) is 16.9. The van der Waals surface area contributed by atoms with Gasteiger partial charge in [0.15, 0.2) is 0 Å². The lowest BCUT2D eigenvalue weighted by Crippen LogP contribution is -2.14. The van der Waals surface area contributed by atoms with E-state index in [1.54, 1.807) is 12.1 Å². The summed E-state index contributed by atoms with van der Waals surface area (Å²) < 4.78 is 18.5. The standard InChI is InChI=1S/C17H14FN3O2S/c1-11-5-7-14(8-6-11)24-10-15(22)19-17-21-20-16(23-17)12-3-2-4-13(18)9-12/h2-9H,10H2,1H3,(H,19,21,22). The first-order valence-electron chi connectivity index (χ1n) is 7.19. The fourth-order valence-electron chi connectivity index (χ4n) is 1.95. The Labute approximate surface area is 142 Å². The van der Waals surface area contributed by atoms with Gasteiger partial charge < -0.3 is 4.42 Å². The number of aryl methyl sites for hydroxylation is 1. The van der Waals surface area contributed by atoms with Gasteiger partial charge in [-0.15, -0.1) is 16.9 Å². The van der Waals surface area contributed by atoms with Gasteiger partial charge in [0.25, 0.3) is 0 Å². The molecule has 24 heavy (non-hydrogen) atoms. The van der Waals surface area contributed by atoms with Crippen LogP contribution in [0.1, 0.15) is 5.56 Å². The Balaban J connectivity index is 1.58. The Bertz CT molecular complexity index is 849. The number of benzene rings is 2. The molecule has 7 heteroatoms. The van der Waals surface area contributed by atoms with E-state index in [0.29, 0.717) is 5.56 Å². The van der Waals surface area contributed by atoms with Crippen molar-refractivity contribution in [2.75, 3.05) is 11.1 Å². The number of halogens is 1. The van der Waals surface area contributed by atoms with E-state index in [1.165, 1.54) is 29.5 Å². The Morgan fingerprint density at radius 3 is 2.75 bits per heavy atom. The van der Waals surface area contributed by atoms with E-state index in [0.717, 1.165) is 4.90 Å². The molecule has 1 amide bonds. The zero-order valence-electron chi connectivity index (χ0n) is 12.8. The van der Waals surface area contributed by atoms with Gasteiger partial charge in [-0.1, -0.05) is 28.9 Å². The first-order chi connectivity index (χ1) is 11.6. The van der Waals surface area contributed by atoms with Crippen LogP contribution < -0.4 is 5.32 Å². The number of hydrogen-bond acceptors (Lipinski definition) is 5. The molecule has 0 saturated heterocycles. The lowest BCUT2D eigenvalue weighted by atomic mass is 10.2. The fourth-order valence-corrected chi connectivity index (χ4v) is 2.65. The third-order valence-electron chi connectivity index (χ3n) is 3.13. The van der Waals surface area contributed by atoms with E-state index in [4.69, 9.17) is 4.42 Å². The SMILES string of the molecule is Cc1ccc(SCC(=O)Nc2nnc(-c3cccc(F)c3)o2)cc1. The van der Waals surface area contributed by atoms with E-state index in [-0.39, 0.29) is 23.6 Å². The first kappa shape index (κ1) is 16.2. The molecule has 1 aromatic heterocycles. The van der Waals surface area contributed by atoms with Crippen LogP contribution in [0.4, 0.5) is 10.4 Å². The summed E-state index contributed by atoms with van der Waals surface area (Å²) >= 11 is 1.41. The molecule has 3 rings (SSSR count). The van der Waals surface area contributed by atoms with E-state index in [1.807, 2.05) is 31.2 Å². The maximum Gasteiger partial charge on any atom is 0.322 e.